The quantitative estimate of drug-likeness (QED) is 0.138. The predicted octanol–water partition coefficient (Wildman–Crippen LogP) is 3.23. The van der Waals surface area contributed by atoms with Crippen LogP contribution in [0, 0.1) is 0 Å². The topological polar surface area (TPSA) is 141 Å². The van der Waals surface area contributed by atoms with Gasteiger partial charge in [0.15, 0.2) is 5.79 Å². The van der Waals surface area contributed by atoms with Crippen LogP contribution in [-0.4, -0.2) is 93.7 Å². The summed E-state index contributed by atoms with van der Waals surface area (Å²) in [6, 6.07) is 0.515. The minimum absolute atomic E-state index is 0.0130. The maximum absolute atomic E-state index is 9.41. The van der Waals surface area contributed by atoms with Crippen LogP contribution in [-0.2, 0) is 13.7 Å². The van der Waals surface area contributed by atoms with Gasteiger partial charge in [0.05, 0.1) is 39.7 Å². The molecule has 9 nitrogen and oxygen atoms in total. The summed E-state index contributed by atoms with van der Waals surface area (Å²) in [5.41, 5.74) is -0.306. The second-order valence-electron chi connectivity index (χ2n) is 10.5. The highest BCUT2D eigenvalue weighted by Gasteiger charge is 2.28. The standard InChI is InChI=1S/C9H19NO2.C6H12O.C5H9IO3S.C5H10O2/c1-3-7(2)10-6-9-8(11)4-5-12-9;1-6(7)4-2-3-5-6;6-10-9-3-5-4(7)1-2-8-5;6-5(7)3-1-2-4-5/h7-11H,3-6H2,1-2H3;7H,2-5H2,1H3;4-5,7H,1-3H2;6-7H,1-4H2. The van der Waals surface area contributed by atoms with Gasteiger partial charge in [0.1, 0.15) is 6.10 Å². The highest BCUT2D eigenvalue weighted by molar-refractivity contribution is 14.2. The van der Waals surface area contributed by atoms with E-state index in [1.807, 2.05) is 28.1 Å². The van der Waals surface area contributed by atoms with Crippen LogP contribution in [0.1, 0.15) is 91.4 Å². The zero-order valence-corrected chi connectivity index (χ0v) is 25.2. The lowest BCUT2D eigenvalue weighted by molar-refractivity contribution is -0.152. The fourth-order valence-corrected chi connectivity index (χ4v) is 4.89. The van der Waals surface area contributed by atoms with Crippen LogP contribution in [0.25, 0.3) is 0 Å². The Morgan fingerprint density at radius 1 is 0.944 bits per heavy atom. The van der Waals surface area contributed by atoms with Crippen molar-refractivity contribution in [2.45, 2.75) is 133 Å². The van der Waals surface area contributed by atoms with Gasteiger partial charge in [0.25, 0.3) is 0 Å². The summed E-state index contributed by atoms with van der Waals surface area (Å²) in [7, 11) is 1.27. The molecule has 2 heterocycles. The molecule has 36 heavy (non-hydrogen) atoms. The van der Waals surface area contributed by atoms with E-state index in [2.05, 4.69) is 19.2 Å². The molecule has 11 heteroatoms. The van der Waals surface area contributed by atoms with E-state index in [4.69, 9.17) is 23.9 Å². The van der Waals surface area contributed by atoms with Gasteiger partial charge in [0, 0.05) is 59.8 Å². The molecule has 6 N–H and O–H groups in total. The van der Waals surface area contributed by atoms with Crippen molar-refractivity contribution in [3.8, 4) is 0 Å². The van der Waals surface area contributed by atoms with Gasteiger partial charge in [-0.2, -0.15) is 0 Å². The van der Waals surface area contributed by atoms with E-state index in [1.54, 1.807) is 0 Å². The van der Waals surface area contributed by atoms with Crippen LogP contribution in [0.5, 0.6) is 0 Å². The van der Waals surface area contributed by atoms with Crippen LogP contribution in [0.3, 0.4) is 0 Å². The van der Waals surface area contributed by atoms with Gasteiger partial charge in [-0.1, -0.05) is 19.8 Å². The molecule has 2 saturated heterocycles. The summed E-state index contributed by atoms with van der Waals surface area (Å²) < 4.78 is 15.5. The molecule has 2 aliphatic carbocycles. The Bertz CT molecular complexity index is 524. The fraction of sp³-hybridized carbons (Fsp3) is 1.00. The van der Waals surface area contributed by atoms with Crippen molar-refractivity contribution in [2.24, 2.45) is 0 Å². The van der Waals surface area contributed by atoms with Crippen LogP contribution >= 0.6 is 30.4 Å². The molecule has 2 saturated carbocycles. The molecule has 0 bridgehead atoms. The summed E-state index contributed by atoms with van der Waals surface area (Å²) in [5, 5.41) is 48.6. The van der Waals surface area contributed by atoms with E-state index in [0.29, 0.717) is 38.7 Å². The number of aliphatic hydroxyl groups excluding tert-OH is 2. The van der Waals surface area contributed by atoms with Gasteiger partial charge in [-0.3, -0.25) is 0 Å². The van der Waals surface area contributed by atoms with Crippen LogP contribution in [0.15, 0.2) is 0 Å². The molecule has 0 aromatic carbocycles. The second kappa shape index (κ2) is 18.9. The Morgan fingerprint density at radius 3 is 1.78 bits per heavy atom. The first-order chi connectivity index (χ1) is 17.0. The van der Waals surface area contributed by atoms with Crippen molar-refractivity contribution in [1.82, 2.24) is 5.32 Å². The molecule has 4 aliphatic rings. The van der Waals surface area contributed by atoms with Crippen molar-refractivity contribution >= 4 is 30.4 Å². The van der Waals surface area contributed by atoms with E-state index in [-0.39, 0.29) is 30.0 Å². The molecule has 4 rings (SSSR count). The van der Waals surface area contributed by atoms with E-state index in [9.17, 15) is 15.3 Å². The Hall–Kier alpha value is 0.720. The molecule has 5 atom stereocenters. The molecule has 0 amide bonds. The Labute approximate surface area is 233 Å². The molecule has 4 fully saturated rings. The first-order valence-corrected chi connectivity index (χ1v) is 16.7. The maximum Gasteiger partial charge on any atom is 0.162 e. The van der Waals surface area contributed by atoms with Gasteiger partial charge >= 0.3 is 0 Å². The third-order valence-electron chi connectivity index (χ3n) is 6.99. The zero-order valence-electron chi connectivity index (χ0n) is 22.2. The lowest BCUT2D eigenvalue weighted by Gasteiger charge is -2.17. The SMILES string of the molecule is CC1(O)CCCC1.CCC(C)NCC1OCCC1O.OC1(O)CCCC1.OC1CCOC1COSI. The maximum atomic E-state index is 9.41. The Kier molecular flexibility index (Phi) is 18.3. The number of aliphatic hydroxyl groups is 5. The molecule has 2 aliphatic heterocycles. The number of halogens is 1. The largest absolute Gasteiger partial charge is 0.390 e. The lowest BCUT2D eigenvalue weighted by atomic mass is 10.1. The highest BCUT2D eigenvalue weighted by Crippen LogP contribution is 2.28. The molecule has 5 unspecified atom stereocenters. The first-order valence-electron chi connectivity index (χ1n) is 13.4. The van der Waals surface area contributed by atoms with Crippen LogP contribution in [0.2, 0.25) is 0 Å². The van der Waals surface area contributed by atoms with Gasteiger partial charge in [-0.15, -0.1) is 0 Å². The van der Waals surface area contributed by atoms with Crippen LogP contribution < -0.4 is 5.32 Å². The van der Waals surface area contributed by atoms with E-state index in [1.165, 1.54) is 22.1 Å². The minimum atomic E-state index is -1.31. The number of hydrogen-bond acceptors (Lipinski definition) is 10. The Balaban J connectivity index is 0.000000246. The smallest absolute Gasteiger partial charge is 0.162 e. The molecule has 0 spiro atoms. The van der Waals surface area contributed by atoms with E-state index in [0.717, 1.165) is 51.5 Å². The zero-order chi connectivity index (χ0) is 27.0. The highest BCUT2D eigenvalue weighted by atomic mass is 127. The third kappa shape index (κ3) is 16.0. The van der Waals surface area contributed by atoms with Gasteiger partial charge in [-0.25, -0.2) is 0 Å². The summed E-state index contributed by atoms with van der Waals surface area (Å²) in [4.78, 5) is 0. The average molecular weight is 652 g/mol. The summed E-state index contributed by atoms with van der Waals surface area (Å²) in [6.45, 7) is 8.81. The fourth-order valence-electron chi connectivity index (χ4n) is 4.26. The molecule has 0 aromatic heterocycles. The summed E-state index contributed by atoms with van der Waals surface area (Å²) in [5.74, 6) is -1.31. The van der Waals surface area contributed by atoms with Crippen molar-refractivity contribution in [3.05, 3.63) is 0 Å². The Morgan fingerprint density at radius 2 is 1.44 bits per heavy atom. The van der Waals surface area contributed by atoms with Crippen molar-refractivity contribution in [1.29, 1.82) is 0 Å². The number of rotatable bonds is 7. The van der Waals surface area contributed by atoms with Gasteiger partial charge in [0.2, 0.25) is 0 Å². The molecular formula is C25H50INO8S. The summed E-state index contributed by atoms with van der Waals surface area (Å²) in [6.07, 6.45) is 9.45. The average Bonchev–Trinajstić information content (AvgIpc) is 3.62. The van der Waals surface area contributed by atoms with Crippen LogP contribution in [0.4, 0.5) is 0 Å². The third-order valence-corrected chi connectivity index (χ3v) is 7.98. The van der Waals surface area contributed by atoms with Crippen molar-refractivity contribution < 1.29 is 39.2 Å². The van der Waals surface area contributed by atoms with Gasteiger partial charge < -0.3 is 44.5 Å². The normalized spacial score (nSPS) is 30.9. The summed E-state index contributed by atoms with van der Waals surface area (Å²) >= 11 is 2.04. The number of ether oxygens (including phenoxy) is 2. The van der Waals surface area contributed by atoms with E-state index >= 15 is 0 Å². The second-order valence-corrected chi connectivity index (χ2v) is 11.9. The van der Waals surface area contributed by atoms with Crippen molar-refractivity contribution in [3.63, 3.8) is 0 Å². The minimum Gasteiger partial charge on any atom is -0.390 e. The molecule has 0 radical (unpaired) electrons. The van der Waals surface area contributed by atoms with E-state index < -0.39 is 5.79 Å². The lowest BCUT2D eigenvalue weighted by Crippen LogP contribution is -2.37. The molecular weight excluding hydrogens is 601 g/mol. The molecule has 0 aromatic rings. The molecule has 216 valence electrons. The number of nitrogens with one attached hydrogen (secondary N) is 1. The first kappa shape index (κ1) is 34.7. The number of hydrogen-bond donors (Lipinski definition) is 6. The predicted molar refractivity (Wildman–Crippen MR) is 151 cm³/mol. The van der Waals surface area contributed by atoms with Crippen molar-refractivity contribution in [2.75, 3.05) is 26.4 Å². The monoisotopic (exact) mass is 651 g/mol. The van der Waals surface area contributed by atoms with Gasteiger partial charge in [-0.05, 0) is 58.8 Å².